The number of anilines is 1. The lowest BCUT2D eigenvalue weighted by atomic mass is 10.2. The molecule has 0 spiro atoms. The SMILES string of the molecule is COc1cc(NCc2nc(-c3ccsc3)no2)cc(OC)c1OC. The second-order valence-corrected chi connectivity index (χ2v) is 5.57. The van der Waals surface area contributed by atoms with Crippen LogP contribution in [0.25, 0.3) is 11.4 Å². The highest BCUT2D eigenvalue weighted by Crippen LogP contribution is 2.40. The van der Waals surface area contributed by atoms with Crippen LogP contribution in [0, 0.1) is 0 Å². The van der Waals surface area contributed by atoms with Gasteiger partial charge in [0.2, 0.25) is 17.5 Å². The van der Waals surface area contributed by atoms with E-state index in [0.717, 1.165) is 11.3 Å². The molecule has 0 saturated heterocycles. The van der Waals surface area contributed by atoms with Crippen LogP contribution in [-0.2, 0) is 6.54 Å². The van der Waals surface area contributed by atoms with Crippen molar-refractivity contribution in [3.63, 3.8) is 0 Å². The van der Waals surface area contributed by atoms with Crippen LogP contribution in [-0.4, -0.2) is 31.5 Å². The highest BCUT2D eigenvalue weighted by Gasteiger charge is 2.14. The molecule has 0 bridgehead atoms. The summed E-state index contributed by atoms with van der Waals surface area (Å²) in [6.45, 7) is 0.385. The predicted octanol–water partition coefficient (Wildman–Crippen LogP) is 3.44. The number of nitrogens with one attached hydrogen (secondary N) is 1. The normalized spacial score (nSPS) is 10.5. The summed E-state index contributed by atoms with van der Waals surface area (Å²) in [6.07, 6.45) is 0. The molecule has 2 aromatic heterocycles. The van der Waals surface area contributed by atoms with Gasteiger partial charge in [-0.25, -0.2) is 0 Å². The van der Waals surface area contributed by atoms with Gasteiger partial charge in [0.1, 0.15) is 0 Å². The molecule has 0 fully saturated rings. The van der Waals surface area contributed by atoms with Crippen LogP contribution in [0.4, 0.5) is 5.69 Å². The average molecular weight is 347 g/mol. The maximum absolute atomic E-state index is 5.33. The van der Waals surface area contributed by atoms with Crippen LogP contribution in [0.1, 0.15) is 5.89 Å². The molecule has 2 heterocycles. The Bertz CT molecular complexity index is 777. The summed E-state index contributed by atoms with van der Waals surface area (Å²) in [7, 11) is 4.72. The Morgan fingerprint density at radius 2 is 1.88 bits per heavy atom. The van der Waals surface area contributed by atoms with Crippen LogP contribution in [0.15, 0.2) is 33.5 Å². The minimum Gasteiger partial charge on any atom is -0.493 e. The second-order valence-electron chi connectivity index (χ2n) is 4.79. The van der Waals surface area contributed by atoms with Crippen molar-refractivity contribution < 1.29 is 18.7 Å². The smallest absolute Gasteiger partial charge is 0.246 e. The zero-order valence-electron chi connectivity index (χ0n) is 13.5. The van der Waals surface area contributed by atoms with Crippen molar-refractivity contribution in [2.24, 2.45) is 0 Å². The van der Waals surface area contributed by atoms with E-state index >= 15 is 0 Å². The minimum atomic E-state index is 0.385. The molecule has 0 aliphatic heterocycles. The number of nitrogens with zero attached hydrogens (tertiary/aromatic N) is 2. The Morgan fingerprint density at radius 1 is 1.12 bits per heavy atom. The topological polar surface area (TPSA) is 78.6 Å². The summed E-state index contributed by atoms with van der Waals surface area (Å²) >= 11 is 1.59. The summed E-state index contributed by atoms with van der Waals surface area (Å²) < 4.78 is 21.2. The van der Waals surface area contributed by atoms with Gasteiger partial charge in [0.05, 0.1) is 27.9 Å². The Balaban J connectivity index is 1.75. The molecule has 0 aliphatic rings. The molecule has 1 N–H and O–H groups in total. The fourth-order valence-electron chi connectivity index (χ4n) is 2.20. The molecule has 0 aliphatic carbocycles. The number of thiophene rings is 1. The van der Waals surface area contributed by atoms with E-state index in [1.165, 1.54) is 0 Å². The average Bonchev–Trinajstić information content (AvgIpc) is 3.29. The first kappa shape index (κ1) is 16.1. The van der Waals surface area contributed by atoms with Gasteiger partial charge in [-0.2, -0.15) is 16.3 Å². The number of benzene rings is 1. The van der Waals surface area contributed by atoms with Crippen molar-refractivity contribution in [1.82, 2.24) is 10.1 Å². The van der Waals surface area contributed by atoms with Crippen molar-refractivity contribution in [3.8, 4) is 28.6 Å². The quantitative estimate of drug-likeness (QED) is 0.701. The Kier molecular flexibility index (Phi) is 4.85. The fraction of sp³-hybridized carbons (Fsp3) is 0.250. The van der Waals surface area contributed by atoms with E-state index in [4.69, 9.17) is 18.7 Å². The van der Waals surface area contributed by atoms with Crippen molar-refractivity contribution in [1.29, 1.82) is 0 Å². The minimum absolute atomic E-state index is 0.385. The zero-order valence-corrected chi connectivity index (χ0v) is 14.3. The molecular formula is C16H17N3O4S. The van der Waals surface area contributed by atoms with Gasteiger partial charge in [0.15, 0.2) is 11.5 Å². The van der Waals surface area contributed by atoms with Crippen LogP contribution >= 0.6 is 11.3 Å². The van der Waals surface area contributed by atoms with E-state index in [1.54, 1.807) is 32.7 Å². The van der Waals surface area contributed by atoms with Crippen LogP contribution in [0.2, 0.25) is 0 Å². The van der Waals surface area contributed by atoms with Gasteiger partial charge < -0.3 is 24.1 Å². The number of hydrogen-bond donors (Lipinski definition) is 1. The number of methoxy groups -OCH3 is 3. The molecular weight excluding hydrogens is 330 g/mol. The molecule has 0 unspecified atom stereocenters. The number of rotatable bonds is 7. The molecule has 7 nitrogen and oxygen atoms in total. The maximum atomic E-state index is 5.33. The molecule has 24 heavy (non-hydrogen) atoms. The van der Waals surface area contributed by atoms with Crippen LogP contribution < -0.4 is 19.5 Å². The van der Waals surface area contributed by atoms with Gasteiger partial charge in [-0.05, 0) is 11.4 Å². The lowest BCUT2D eigenvalue weighted by molar-refractivity contribution is 0.324. The van der Waals surface area contributed by atoms with Gasteiger partial charge in [0, 0.05) is 28.8 Å². The second kappa shape index (κ2) is 7.22. The first-order chi connectivity index (χ1) is 11.7. The van der Waals surface area contributed by atoms with Gasteiger partial charge in [-0.3, -0.25) is 0 Å². The largest absolute Gasteiger partial charge is 0.493 e. The molecule has 0 radical (unpaired) electrons. The molecule has 3 aromatic rings. The monoisotopic (exact) mass is 347 g/mol. The van der Waals surface area contributed by atoms with Crippen molar-refractivity contribution in [3.05, 3.63) is 34.8 Å². The van der Waals surface area contributed by atoms with Crippen molar-refractivity contribution in [2.75, 3.05) is 26.6 Å². The van der Waals surface area contributed by atoms with Gasteiger partial charge in [-0.1, -0.05) is 5.16 Å². The van der Waals surface area contributed by atoms with Gasteiger partial charge in [0.25, 0.3) is 0 Å². The van der Waals surface area contributed by atoms with E-state index in [9.17, 15) is 0 Å². The first-order valence-electron chi connectivity index (χ1n) is 7.14. The van der Waals surface area contributed by atoms with Crippen molar-refractivity contribution >= 4 is 17.0 Å². The third kappa shape index (κ3) is 3.28. The van der Waals surface area contributed by atoms with Crippen LogP contribution in [0.5, 0.6) is 17.2 Å². The summed E-state index contributed by atoms with van der Waals surface area (Å²) in [5.74, 6) is 2.76. The maximum Gasteiger partial charge on any atom is 0.246 e. The summed E-state index contributed by atoms with van der Waals surface area (Å²) in [5.41, 5.74) is 1.74. The Morgan fingerprint density at radius 3 is 2.46 bits per heavy atom. The number of aromatic nitrogens is 2. The third-order valence-electron chi connectivity index (χ3n) is 3.36. The lowest BCUT2D eigenvalue weighted by Crippen LogP contribution is -2.02. The summed E-state index contributed by atoms with van der Waals surface area (Å²) in [5, 5.41) is 11.1. The zero-order chi connectivity index (χ0) is 16.9. The van der Waals surface area contributed by atoms with Crippen molar-refractivity contribution in [2.45, 2.75) is 6.54 Å². The van der Waals surface area contributed by atoms with E-state index in [1.807, 2.05) is 29.0 Å². The molecule has 8 heteroatoms. The number of hydrogen-bond acceptors (Lipinski definition) is 8. The molecule has 0 amide bonds. The van der Waals surface area contributed by atoms with Gasteiger partial charge >= 0.3 is 0 Å². The Hall–Kier alpha value is -2.74. The first-order valence-corrected chi connectivity index (χ1v) is 8.08. The molecule has 0 saturated carbocycles. The summed E-state index contributed by atoms with van der Waals surface area (Å²) in [4.78, 5) is 4.37. The molecule has 0 atom stereocenters. The van der Waals surface area contributed by atoms with E-state index < -0.39 is 0 Å². The Labute approximate surface area is 143 Å². The molecule has 3 rings (SSSR count). The van der Waals surface area contributed by atoms with E-state index in [-0.39, 0.29) is 0 Å². The third-order valence-corrected chi connectivity index (χ3v) is 4.04. The van der Waals surface area contributed by atoms with E-state index in [0.29, 0.717) is 35.5 Å². The predicted molar refractivity (Wildman–Crippen MR) is 91.0 cm³/mol. The van der Waals surface area contributed by atoms with Gasteiger partial charge in [-0.15, -0.1) is 0 Å². The highest BCUT2D eigenvalue weighted by molar-refractivity contribution is 7.08. The summed E-state index contributed by atoms with van der Waals surface area (Å²) in [6, 6.07) is 5.58. The van der Waals surface area contributed by atoms with Crippen LogP contribution in [0.3, 0.4) is 0 Å². The molecule has 126 valence electrons. The number of ether oxygens (including phenoxy) is 3. The lowest BCUT2D eigenvalue weighted by Gasteiger charge is -2.14. The van der Waals surface area contributed by atoms with E-state index in [2.05, 4.69) is 15.5 Å². The standard InChI is InChI=1S/C16H17N3O4S/c1-20-12-6-11(7-13(21-2)15(12)22-3)17-8-14-18-16(19-23-14)10-4-5-24-9-10/h4-7,9,17H,8H2,1-3H3. The fourth-order valence-corrected chi connectivity index (χ4v) is 2.83. The molecule has 1 aromatic carbocycles. The highest BCUT2D eigenvalue weighted by atomic mass is 32.1.